The Morgan fingerprint density at radius 1 is 1.83 bits per heavy atom. The highest BCUT2D eigenvalue weighted by molar-refractivity contribution is 14.1. The highest BCUT2D eigenvalue weighted by Gasteiger charge is 2.16. The average Bonchev–Trinajstić information content (AvgIpc) is 2.08. The Kier molecular flexibility index (Phi) is 3.54. The molecule has 0 spiro atoms. The quantitative estimate of drug-likeness (QED) is 0.749. The van der Waals surface area contributed by atoms with Crippen molar-refractivity contribution in [2.45, 2.75) is 12.5 Å². The summed E-state index contributed by atoms with van der Waals surface area (Å²) in [4.78, 5) is 11.0. The van der Waals surface area contributed by atoms with Gasteiger partial charge in [0, 0.05) is 11.1 Å². The molecule has 1 rings (SSSR count). The summed E-state index contributed by atoms with van der Waals surface area (Å²) in [6, 6.07) is -0.183. The lowest BCUT2D eigenvalue weighted by Gasteiger charge is -2.13. The molecule has 0 aromatic carbocycles. The first kappa shape index (κ1) is 10.0. The lowest BCUT2D eigenvalue weighted by molar-refractivity contribution is -0.126. The Morgan fingerprint density at radius 3 is 3.00 bits per heavy atom. The van der Waals surface area contributed by atoms with E-state index in [1.807, 2.05) is 0 Å². The van der Waals surface area contributed by atoms with Crippen molar-refractivity contribution in [3.63, 3.8) is 0 Å². The Morgan fingerprint density at radius 2 is 2.50 bits per heavy atom. The zero-order chi connectivity index (χ0) is 9.14. The predicted octanol–water partition coefficient (Wildman–Crippen LogP) is 1.66. The molecule has 0 radical (unpaired) electrons. The third-order valence-corrected chi connectivity index (χ3v) is 2.33. The number of carbonyl (C=O) groups excluding carboxylic acids is 1. The smallest absolute Gasteiger partial charge is 0.347 e. The molecule has 0 saturated heterocycles. The van der Waals surface area contributed by atoms with Gasteiger partial charge in [-0.05, 0) is 12.5 Å². The average molecular weight is 299 g/mol. The molecular formula is C7H7ClINO2. The van der Waals surface area contributed by atoms with Gasteiger partial charge in [-0.2, -0.15) is 0 Å². The zero-order valence-corrected chi connectivity index (χ0v) is 9.00. The second kappa shape index (κ2) is 4.25. The van der Waals surface area contributed by atoms with Crippen molar-refractivity contribution >= 4 is 40.6 Å². The molecule has 0 heterocycles. The van der Waals surface area contributed by atoms with Crippen LogP contribution >= 0.6 is 34.6 Å². The van der Waals surface area contributed by atoms with Gasteiger partial charge in [-0.25, -0.2) is 4.79 Å². The molecule has 1 atom stereocenters. The van der Waals surface area contributed by atoms with Gasteiger partial charge in [0.15, 0.2) is 23.0 Å². The van der Waals surface area contributed by atoms with Gasteiger partial charge in [0.05, 0.1) is 5.57 Å². The summed E-state index contributed by atoms with van der Waals surface area (Å²) in [6.45, 7) is 0. The molecule has 0 bridgehead atoms. The van der Waals surface area contributed by atoms with Crippen molar-refractivity contribution in [3.05, 3.63) is 22.8 Å². The largest absolute Gasteiger partial charge is 0.391 e. The maximum atomic E-state index is 11.0. The van der Waals surface area contributed by atoms with Crippen molar-refractivity contribution < 1.29 is 7.86 Å². The van der Waals surface area contributed by atoms with Crippen molar-refractivity contribution in [1.29, 1.82) is 0 Å². The number of hydrogen-bond acceptors (Lipinski definition) is 3. The molecule has 0 amide bonds. The summed E-state index contributed by atoms with van der Waals surface area (Å²) in [5.74, 6) is -0.388. The van der Waals surface area contributed by atoms with Crippen molar-refractivity contribution in [2.24, 2.45) is 5.73 Å². The second-order valence-electron chi connectivity index (χ2n) is 2.40. The van der Waals surface area contributed by atoms with E-state index in [1.54, 1.807) is 6.08 Å². The molecule has 0 fully saturated rings. The summed E-state index contributed by atoms with van der Waals surface area (Å²) in [5.41, 5.74) is 6.05. The normalized spacial score (nSPS) is 22.8. The molecule has 0 saturated carbocycles. The molecule has 5 heteroatoms. The Hall–Kier alpha value is -0.0700. The summed E-state index contributed by atoms with van der Waals surface area (Å²) in [5, 5.41) is 0.495. The summed E-state index contributed by atoms with van der Waals surface area (Å²) < 4.78 is 4.49. The van der Waals surface area contributed by atoms with E-state index in [0.29, 0.717) is 17.0 Å². The molecule has 0 aromatic heterocycles. The van der Waals surface area contributed by atoms with E-state index >= 15 is 0 Å². The minimum Gasteiger partial charge on any atom is -0.391 e. The molecule has 12 heavy (non-hydrogen) atoms. The van der Waals surface area contributed by atoms with Gasteiger partial charge < -0.3 is 8.80 Å². The van der Waals surface area contributed by atoms with Gasteiger partial charge in [-0.1, -0.05) is 17.7 Å². The highest BCUT2D eigenvalue weighted by Crippen LogP contribution is 2.20. The number of carbonyl (C=O) groups is 1. The first-order valence-electron chi connectivity index (χ1n) is 3.31. The van der Waals surface area contributed by atoms with Crippen LogP contribution in [0.15, 0.2) is 22.8 Å². The molecule has 0 aliphatic heterocycles. The van der Waals surface area contributed by atoms with Crippen LogP contribution in [0.4, 0.5) is 0 Å². The summed E-state index contributed by atoms with van der Waals surface area (Å²) in [6.07, 6.45) is 3.84. The van der Waals surface area contributed by atoms with E-state index in [-0.39, 0.29) is 12.0 Å². The molecule has 2 N–H and O–H groups in total. The van der Waals surface area contributed by atoms with Crippen LogP contribution in [-0.2, 0) is 7.86 Å². The highest BCUT2D eigenvalue weighted by atomic mass is 127. The van der Waals surface area contributed by atoms with Crippen LogP contribution in [0, 0.1) is 0 Å². The third-order valence-electron chi connectivity index (χ3n) is 1.55. The van der Waals surface area contributed by atoms with Gasteiger partial charge in [0.25, 0.3) is 0 Å². The summed E-state index contributed by atoms with van der Waals surface area (Å²) >= 11 is 7.28. The minimum atomic E-state index is -0.388. The Labute approximate surface area is 89.3 Å². The van der Waals surface area contributed by atoms with Crippen LogP contribution in [-0.4, -0.2) is 12.0 Å². The number of nitrogens with two attached hydrogens (primary N) is 1. The fraction of sp³-hybridized carbons (Fsp3) is 0.286. The SMILES string of the molecule is NC1CC=C(C(=O)OI)C=C1Cl. The molecular weight excluding hydrogens is 292 g/mol. The van der Waals surface area contributed by atoms with Crippen molar-refractivity contribution in [1.82, 2.24) is 0 Å². The van der Waals surface area contributed by atoms with Crippen LogP contribution in [0.3, 0.4) is 0 Å². The van der Waals surface area contributed by atoms with Gasteiger partial charge >= 0.3 is 5.97 Å². The third kappa shape index (κ3) is 2.21. The van der Waals surface area contributed by atoms with Crippen LogP contribution in [0.5, 0.6) is 0 Å². The Bertz CT molecular complexity index is 262. The van der Waals surface area contributed by atoms with Crippen molar-refractivity contribution in [3.8, 4) is 0 Å². The number of hydrogen-bond donors (Lipinski definition) is 1. The lowest BCUT2D eigenvalue weighted by Crippen LogP contribution is -2.22. The minimum absolute atomic E-state index is 0.183. The van der Waals surface area contributed by atoms with Gasteiger partial charge in [-0.15, -0.1) is 0 Å². The second-order valence-corrected chi connectivity index (χ2v) is 3.27. The van der Waals surface area contributed by atoms with Gasteiger partial charge in [-0.3, -0.25) is 0 Å². The molecule has 0 aromatic rings. The van der Waals surface area contributed by atoms with Crippen LogP contribution < -0.4 is 5.73 Å². The van der Waals surface area contributed by atoms with Crippen molar-refractivity contribution in [2.75, 3.05) is 0 Å². The number of halogens is 2. The first-order chi connectivity index (χ1) is 5.65. The maximum absolute atomic E-state index is 11.0. The Balaban J connectivity index is 2.78. The summed E-state index contributed by atoms with van der Waals surface area (Å²) in [7, 11) is 0. The molecule has 1 aliphatic carbocycles. The lowest BCUT2D eigenvalue weighted by atomic mass is 10.0. The van der Waals surface area contributed by atoms with Crippen LogP contribution in [0.2, 0.25) is 0 Å². The van der Waals surface area contributed by atoms with E-state index < -0.39 is 0 Å². The fourth-order valence-corrected chi connectivity index (χ4v) is 1.33. The maximum Gasteiger partial charge on any atom is 0.347 e. The fourth-order valence-electron chi connectivity index (χ4n) is 0.868. The topological polar surface area (TPSA) is 52.3 Å². The van der Waals surface area contributed by atoms with E-state index in [2.05, 4.69) is 3.07 Å². The standard InChI is InChI=1S/C7H7ClINO2/c8-5-3-4(7(11)12-9)1-2-6(5)10/h1,3,6H,2,10H2. The van der Waals surface area contributed by atoms with E-state index in [4.69, 9.17) is 17.3 Å². The molecule has 1 unspecified atom stereocenters. The number of rotatable bonds is 1. The molecule has 3 nitrogen and oxygen atoms in total. The molecule has 66 valence electrons. The van der Waals surface area contributed by atoms with E-state index in [0.717, 1.165) is 0 Å². The van der Waals surface area contributed by atoms with E-state index in [1.165, 1.54) is 29.1 Å². The first-order valence-corrected chi connectivity index (χ1v) is 4.56. The zero-order valence-electron chi connectivity index (χ0n) is 6.09. The van der Waals surface area contributed by atoms with E-state index in [9.17, 15) is 4.79 Å². The van der Waals surface area contributed by atoms with Gasteiger partial charge in [0.1, 0.15) is 0 Å². The van der Waals surface area contributed by atoms with Crippen LogP contribution in [0.1, 0.15) is 6.42 Å². The monoisotopic (exact) mass is 299 g/mol. The molecule has 1 aliphatic rings. The van der Waals surface area contributed by atoms with Gasteiger partial charge in [0.2, 0.25) is 0 Å². The van der Waals surface area contributed by atoms with Crippen LogP contribution in [0.25, 0.3) is 0 Å². The predicted molar refractivity (Wildman–Crippen MR) is 54.7 cm³/mol.